The van der Waals surface area contributed by atoms with Gasteiger partial charge in [0.1, 0.15) is 24.1 Å². The molecule has 1 aromatic carbocycles. The Kier molecular flexibility index (Phi) is 5.23. The zero-order valence-electron chi connectivity index (χ0n) is 17.1. The fourth-order valence-corrected chi connectivity index (χ4v) is 4.10. The number of fused-ring (bicyclic) bond motifs is 1. The average molecular weight is 435 g/mol. The van der Waals surface area contributed by atoms with Crippen LogP contribution in [-0.2, 0) is 6.42 Å². The Morgan fingerprint density at radius 2 is 1.81 bits per heavy atom. The molecule has 0 N–H and O–H groups in total. The van der Waals surface area contributed by atoms with Crippen molar-refractivity contribution in [3.63, 3.8) is 0 Å². The first kappa shape index (κ1) is 20.1. The summed E-state index contributed by atoms with van der Waals surface area (Å²) in [7, 11) is 0. The minimum absolute atomic E-state index is 0.0357. The third kappa shape index (κ3) is 3.77. The highest BCUT2D eigenvalue weighted by Crippen LogP contribution is 2.38. The Morgan fingerprint density at radius 1 is 1.03 bits per heavy atom. The van der Waals surface area contributed by atoms with Gasteiger partial charge in [0.25, 0.3) is 0 Å². The zero-order valence-corrected chi connectivity index (χ0v) is 17.1. The van der Waals surface area contributed by atoms with E-state index in [2.05, 4.69) is 19.9 Å². The van der Waals surface area contributed by atoms with Gasteiger partial charge in [-0.05, 0) is 24.6 Å². The van der Waals surface area contributed by atoms with Crippen molar-refractivity contribution in [1.82, 2.24) is 19.9 Å². The van der Waals surface area contributed by atoms with E-state index in [1.807, 2.05) is 11.0 Å². The van der Waals surface area contributed by atoms with E-state index in [1.54, 1.807) is 17.0 Å². The first-order valence-electron chi connectivity index (χ1n) is 10.3. The smallest absolute Gasteiger partial charge is 0.225 e. The van der Waals surface area contributed by atoms with E-state index < -0.39 is 11.6 Å². The van der Waals surface area contributed by atoms with E-state index in [9.17, 15) is 8.78 Å². The van der Waals surface area contributed by atoms with Crippen LogP contribution in [0.3, 0.4) is 0 Å². The fraction of sp³-hybridized carbons (Fsp3) is 0.318. The van der Waals surface area contributed by atoms with Crippen molar-refractivity contribution in [2.24, 2.45) is 0 Å². The van der Waals surface area contributed by atoms with Gasteiger partial charge in [-0.3, -0.25) is 0 Å². The molecule has 2 aliphatic heterocycles. The molecule has 0 unspecified atom stereocenters. The number of anilines is 3. The average Bonchev–Trinajstić information content (AvgIpc) is 3.25. The molecule has 162 valence electrons. The molecule has 8 nitrogen and oxygen atoms in total. The molecule has 3 aromatic rings. The molecular formula is C22H19F2N7O. The van der Waals surface area contributed by atoms with Gasteiger partial charge >= 0.3 is 0 Å². The first-order chi connectivity index (χ1) is 15.6. The Hall–Kier alpha value is -3.87. The molecule has 0 atom stereocenters. The Balaban J connectivity index is 1.29. The number of nitrogens with zero attached hydrogens (tertiary/aromatic N) is 7. The van der Waals surface area contributed by atoms with E-state index in [4.69, 9.17) is 10.00 Å². The first-order valence-corrected chi connectivity index (χ1v) is 10.3. The lowest BCUT2D eigenvalue weighted by Crippen LogP contribution is -2.39. The van der Waals surface area contributed by atoms with Crippen LogP contribution in [0.25, 0.3) is 0 Å². The lowest BCUT2D eigenvalue weighted by molar-refractivity contribution is 0.162. The molecule has 2 aliphatic rings. The highest BCUT2D eigenvalue weighted by molar-refractivity contribution is 5.68. The number of piperidine rings is 1. The summed E-state index contributed by atoms with van der Waals surface area (Å²) in [5, 5.41) is 8.97. The Labute approximate surface area is 183 Å². The van der Waals surface area contributed by atoms with Crippen molar-refractivity contribution in [2.75, 3.05) is 29.4 Å². The summed E-state index contributed by atoms with van der Waals surface area (Å²) in [4.78, 5) is 20.6. The van der Waals surface area contributed by atoms with Gasteiger partial charge in [-0.25, -0.2) is 28.7 Å². The van der Waals surface area contributed by atoms with E-state index in [1.165, 1.54) is 12.4 Å². The maximum atomic E-state index is 14.6. The van der Waals surface area contributed by atoms with Crippen LogP contribution in [0.5, 0.6) is 5.88 Å². The number of ether oxygens (including phenoxy) is 1. The quantitative estimate of drug-likeness (QED) is 0.617. The number of benzene rings is 1. The summed E-state index contributed by atoms with van der Waals surface area (Å²) < 4.78 is 33.8. The predicted octanol–water partition coefficient (Wildman–Crippen LogP) is 3.16. The second-order valence-corrected chi connectivity index (χ2v) is 7.67. The number of nitriles is 1. The standard InChI is InChI=1S/C22H19F2N7O/c23-15-11-26-22(27-12-15)30-6-3-16(4-7-30)32-21-17-5-8-31(20(17)28-13-29-21)19-2-1-14(10-25)9-18(19)24/h1-2,9,11-13,16H,3-8H2. The van der Waals surface area contributed by atoms with Gasteiger partial charge in [0, 0.05) is 32.5 Å². The van der Waals surface area contributed by atoms with Gasteiger partial charge in [0.05, 0.1) is 35.3 Å². The van der Waals surface area contributed by atoms with Gasteiger partial charge in [0.2, 0.25) is 11.8 Å². The fourth-order valence-electron chi connectivity index (χ4n) is 4.10. The van der Waals surface area contributed by atoms with Gasteiger partial charge in [0.15, 0.2) is 5.82 Å². The van der Waals surface area contributed by atoms with Gasteiger partial charge < -0.3 is 14.5 Å². The second kappa shape index (κ2) is 8.34. The summed E-state index contributed by atoms with van der Waals surface area (Å²) >= 11 is 0. The predicted molar refractivity (Wildman–Crippen MR) is 112 cm³/mol. The van der Waals surface area contributed by atoms with E-state index in [0.717, 1.165) is 30.8 Å². The van der Waals surface area contributed by atoms with Crippen molar-refractivity contribution < 1.29 is 13.5 Å². The lowest BCUT2D eigenvalue weighted by atomic mass is 10.1. The Morgan fingerprint density at radius 3 is 2.53 bits per heavy atom. The van der Waals surface area contributed by atoms with Crippen molar-refractivity contribution in [3.8, 4) is 11.9 Å². The van der Waals surface area contributed by atoms with Crippen LogP contribution in [0.2, 0.25) is 0 Å². The molecule has 32 heavy (non-hydrogen) atoms. The van der Waals surface area contributed by atoms with Crippen molar-refractivity contribution in [2.45, 2.75) is 25.4 Å². The summed E-state index contributed by atoms with van der Waals surface area (Å²) in [6.07, 6.45) is 5.84. The van der Waals surface area contributed by atoms with Crippen LogP contribution in [0.15, 0.2) is 36.9 Å². The largest absolute Gasteiger partial charge is 0.474 e. The van der Waals surface area contributed by atoms with Gasteiger partial charge in [-0.1, -0.05) is 0 Å². The molecule has 2 aromatic heterocycles. The minimum atomic E-state index is -0.464. The maximum Gasteiger partial charge on any atom is 0.225 e. The number of aromatic nitrogens is 4. The SMILES string of the molecule is N#Cc1ccc(N2CCc3c(OC4CCN(c5ncc(F)cn5)CC4)ncnc32)c(F)c1. The lowest BCUT2D eigenvalue weighted by Gasteiger charge is -2.32. The van der Waals surface area contributed by atoms with Crippen LogP contribution in [0.4, 0.5) is 26.2 Å². The highest BCUT2D eigenvalue weighted by atomic mass is 19.1. The van der Waals surface area contributed by atoms with Crippen molar-refractivity contribution in [3.05, 3.63) is 59.7 Å². The van der Waals surface area contributed by atoms with Crippen LogP contribution < -0.4 is 14.5 Å². The van der Waals surface area contributed by atoms with Crippen LogP contribution in [0.1, 0.15) is 24.0 Å². The third-order valence-corrected chi connectivity index (χ3v) is 5.70. The third-order valence-electron chi connectivity index (χ3n) is 5.70. The van der Waals surface area contributed by atoms with Crippen molar-refractivity contribution in [1.29, 1.82) is 5.26 Å². The second-order valence-electron chi connectivity index (χ2n) is 7.67. The zero-order chi connectivity index (χ0) is 22.1. The summed E-state index contributed by atoms with van der Waals surface area (Å²) in [6, 6.07) is 6.36. The van der Waals surface area contributed by atoms with E-state index in [0.29, 0.717) is 49.4 Å². The van der Waals surface area contributed by atoms with Gasteiger partial charge in [-0.15, -0.1) is 0 Å². The molecule has 1 saturated heterocycles. The van der Waals surface area contributed by atoms with Gasteiger partial charge in [-0.2, -0.15) is 5.26 Å². The molecule has 10 heteroatoms. The summed E-state index contributed by atoms with van der Waals surface area (Å²) in [5.41, 5.74) is 1.50. The van der Waals surface area contributed by atoms with E-state index >= 15 is 0 Å². The molecule has 0 spiro atoms. The molecule has 0 aliphatic carbocycles. The molecule has 5 rings (SSSR count). The maximum absolute atomic E-state index is 14.6. The van der Waals surface area contributed by atoms with Crippen LogP contribution in [0, 0.1) is 23.0 Å². The van der Waals surface area contributed by atoms with Crippen LogP contribution in [-0.4, -0.2) is 45.7 Å². The number of halogens is 2. The summed E-state index contributed by atoms with van der Waals surface area (Å²) in [6.45, 7) is 1.92. The number of rotatable bonds is 4. The van der Waals surface area contributed by atoms with Crippen molar-refractivity contribution >= 4 is 17.5 Å². The van der Waals surface area contributed by atoms with E-state index in [-0.39, 0.29) is 11.7 Å². The minimum Gasteiger partial charge on any atom is -0.474 e. The van der Waals surface area contributed by atoms with Crippen LogP contribution >= 0.6 is 0 Å². The summed E-state index contributed by atoms with van der Waals surface area (Å²) in [5.74, 6) is 0.722. The highest BCUT2D eigenvalue weighted by Gasteiger charge is 2.30. The number of hydrogen-bond donors (Lipinski definition) is 0. The normalized spacial score (nSPS) is 16.0. The molecule has 0 saturated carbocycles. The monoisotopic (exact) mass is 435 g/mol. The molecule has 0 amide bonds. The molecule has 0 radical (unpaired) electrons. The molecular weight excluding hydrogens is 416 g/mol. The molecule has 1 fully saturated rings. The molecule has 4 heterocycles. The number of hydrogen-bond acceptors (Lipinski definition) is 8. The Bertz CT molecular complexity index is 1170. The topological polar surface area (TPSA) is 91.1 Å². The molecule has 0 bridgehead atoms.